The molecule has 0 saturated carbocycles. The molecule has 3 heterocycles. The van der Waals surface area contributed by atoms with E-state index in [1.54, 1.807) is 9.80 Å². The summed E-state index contributed by atoms with van der Waals surface area (Å²) in [5.74, 6) is 0.974. The number of hydrogen-bond donors (Lipinski definition) is 2. The maximum absolute atomic E-state index is 5.81. The molecule has 0 amide bonds. The molecule has 0 aliphatic carbocycles. The predicted molar refractivity (Wildman–Crippen MR) is 97.0 cm³/mol. The first-order valence-corrected chi connectivity index (χ1v) is 9.96. The van der Waals surface area contributed by atoms with Crippen molar-refractivity contribution in [3.05, 3.63) is 41.7 Å². The van der Waals surface area contributed by atoms with E-state index in [9.17, 15) is 0 Å². The second-order valence-corrected chi connectivity index (χ2v) is 7.46. The van der Waals surface area contributed by atoms with Gasteiger partial charge in [-0.15, -0.1) is 5.10 Å². The van der Waals surface area contributed by atoms with Gasteiger partial charge in [0.2, 0.25) is 5.82 Å². The molecule has 7 heteroatoms. The Bertz CT molecular complexity index is 676. The summed E-state index contributed by atoms with van der Waals surface area (Å²) in [5.41, 5.74) is 1.30. The van der Waals surface area contributed by atoms with E-state index in [2.05, 4.69) is 52.8 Å². The van der Waals surface area contributed by atoms with E-state index in [0.717, 1.165) is 44.9 Å². The largest absolute Gasteiger partial charge is 0.376 e. The molecule has 140 valence electrons. The Hall–Kier alpha value is -1.83. The summed E-state index contributed by atoms with van der Waals surface area (Å²) in [6, 6.07) is 10.9. The van der Waals surface area contributed by atoms with Gasteiger partial charge in [-0.25, -0.2) is 4.68 Å². The summed E-state index contributed by atoms with van der Waals surface area (Å²) >= 11 is 0. The zero-order valence-electron chi connectivity index (χ0n) is 15.6. The highest BCUT2D eigenvalue weighted by atomic mass is 16.5. The molecule has 2 saturated heterocycles. The Labute approximate surface area is 154 Å². The summed E-state index contributed by atoms with van der Waals surface area (Å²) in [7, 11) is 0. The molecule has 26 heavy (non-hydrogen) atoms. The monoisotopic (exact) mass is 358 g/mol. The van der Waals surface area contributed by atoms with E-state index in [1.165, 1.54) is 25.2 Å². The van der Waals surface area contributed by atoms with E-state index in [-0.39, 0.29) is 12.1 Å². The van der Waals surface area contributed by atoms with Crippen LogP contribution in [0.4, 0.5) is 0 Å². The number of rotatable bonds is 6. The lowest BCUT2D eigenvalue weighted by Gasteiger charge is -2.34. The standard InChI is InChI=1S/C19H28N6O/c1-2-23-10-12-24(13-11-23)18(16-7-4-3-5-8-16)19-20-21-22-25(19)15-17-9-6-14-26-17/h3-5,7-8,17-18H,2,6,9-15H2,1H3/p+2/t17-,18-/m0/s1. The van der Waals surface area contributed by atoms with Crippen LogP contribution < -0.4 is 9.80 Å². The van der Waals surface area contributed by atoms with E-state index in [1.807, 2.05) is 4.68 Å². The predicted octanol–water partition coefficient (Wildman–Crippen LogP) is -1.26. The highest BCUT2D eigenvalue weighted by molar-refractivity contribution is 5.22. The molecule has 2 aromatic rings. The quantitative estimate of drug-likeness (QED) is 0.677. The van der Waals surface area contributed by atoms with Gasteiger partial charge in [-0.1, -0.05) is 30.3 Å². The number of quaternary nitrogens is 2. The first-order chi connectivity index (χ1) is 12.8. The molecule has 4 rings (SSSR count). The van der Waals surface area contributed by atoms with Gasteiger partial charge in [-0.05, 0) is 30.2 Å². The van der Waals surface area contributed by atoms with Crippen LogP contribution in [0.25, 0.3) is 0 Å². The van der Waals surface area contributed by atoms with Gasteiger partial charge in [0.15, 0.2) is 6.04 Å². The van der Waals surface area contributed by atoms with Crippen molar-refractivity contribution in [2.45, 2.75) is 38.5 Å². The molecule has 0 spiro atoms. The highest BCUT2D eigenvalue weighted by Crippen LogP contribution is 2.19. The number of nitrogens with one attached hydrogen (secondary N) is 2. The fourth-order valence-electron chi connectivity index (χ4n) is 4.31. The van der Waals surface area contributed by atoms with Gasteiger partial charge >= 0.3 is 0 Å². The number of hydrogen-bond acceptors (Lipinski definition) is 4. The second kappa shape index (κ2) is 8.24. The third-order valence-electron chi connectivity index (χ3n) is 5.86. The van der Waals surface area contributed by atoms with Gasteiger partial charge in [0.05, 0.1) is 19.2 Å². The molecule has 2 aliphatic rings. The topological polar surface area (TPSA) is 61.7 Å². The van der Waals surface area contributed by atoms with Crippen molar-refractivity contribution in [3.63, 3.8) is 0 Å². The zero-order chi connectivity index (χ0) is 17.8. The Balaban J connectivity index is 1.60. The number of aromatic nitrogens is 4. The maximum Gasteiger partial charge on any atom is 0.214 e. The van der Waals surface area contributed by atoms with Crippen molar-refractivity contribution in [2.75, 3.05) is 39.3 Å². The van der Waals surface area contributed by atoms with Gasteiger partial charge in [-0.2, -0.15) is 0 Å². The number of nitrogens with zero attached hydrogens (tertiary/aromatic N) is 4. The minimum atomic E-state index is 0.186. The van der Waals surface area contributed by atoms with Crippen molar-refractivity contribution in [1.29, 1.82) is 0 Å². The van der Waals surface area contributed by atoms with Crippen molar-refractivity contribution in [2.24, 2.45) is 0 Å². The lowest BCUT2D eigenvalue weighted by atomic mass is 10.0. The summed E-state index contributed by atoms with van der Waals surface area (Å²) in [6.07, 6.45) is 2.47. The molecule has 0 bridgehead atoms. The van der Waals surface area contributed by atoms with E-state index in [4.69, 9.17) is 4.74 Å². The summed E-state index contributed by atoms with van der Waals surface area (Å²) < 4.78 is 7.80. The van der Waals surface area contributed by atoms with Crippen LogP contribution in [0.3, 0.4) is 0 Å². The summed E-state index contributed by atoms with van der Waals surface area (Å²) in [5, 5.41) is 12.8. The van der Waals surface area contributed by atoms with Crippen LogP contribution in [-0.4, -0.2) is 65.6 Å². The SMILES string of the molecule is CC[NH+]1CC[NH+]([C@@H](c2ccccc2)c2nnnn2C[C@@H]2CCCO2)CC1. The summed E-state index contributed by atoms with van der Waals surface area (Å²) in [4.78, 5) is 3.26. The Morgan fingerprint density at radius 3 is 2.69 bits per heavy atom. The Morgan fingerprint density at radius 1 is 1.19 bits per heavy atom. The fourth-order valence-corrected chi connectivity index (χ4v) is 4.31. The van der Waals surface area contributed by atoms with Gasteiger partial charge < -0.3 is 14.5 Å². The molecule has 2 atom stereocenters. The molecule has 1 aromatic carbocycles. The first kappa shape index (κ1) is 17.6. The molecule has 2 fully saturated rings. The average molecular weight is 358 g/mol. The number of piperazine rings is 1. The molecule has 2 aliphatic heterocycles. The van der Waals surface area contributed by atoms with Gasteiger partial charge in [0, 0.05) is 12.2 Å². The fraction of sp³-hybridized carbons (Fsp3) is 0.632. The second-order valence-electron chi connectivity index (χ2n) is 7.46. The third-order valence-corrected chi connectivity index (χ3v) is 5.86. The highest BCUT2D eigenvalue weighted by Gasteiger charge is 2.35. The third kappa shape index (κ3) is 3.79. The molecule has 2 N–H and O–H groups in total. The molecule has 7 nitrogen and oxygen atoms in total. The van der Waals surface area contributed by atoms with Crippen molar-refractivity contribution in [1.82, 2.24) is 20.2 Å². The van der Waals surface area contributed by atoms with Crippen LogP contribution in [-0.2, 0) is 11.3 Å². The molecule has 1 aromatic heterocycles. The van der Waals surface area contributed by atoms with Crippen LogP contribution in [0.5, 0.6) is 0 Å². The van der Waals surface area contributed by atoms with Crippen LogP contribution in [0, 0.1) is 0 Å². The minimum Gasteiger partial charge on any atom is -0.376 e. The number of tetrazole rings is 1. The number of benzene rings is 1. The van der Waals surface area contributed by atoms with E-state index >= 15 is 0 Å². The Kier molecular flexibility index (Phi) is 5.57. The van der Waals surface area contributed by atoms with E-state index < -0.39 is 0 Å². The lowest BCUT2D eigenvalue weighted by molar-refractivity contribution is -1.02. The molecular weight excluding hydrogens is 328 g/mol. The van der Waals surface area contributed by atoms with E-state index in [0.29, 0.717) is 0 Å². The Morgan fingerprint density at radius 2 is 2.00 bits per heavy atom. The van der Waals surface area contributed by atoms with Crippen molar-refractivity contribution >= 4 is 0 Å². The smallest absolute Gasteiger partial charge is 0.214 e. The average Bonchev–Trinajstić information content (AvgIpc) is 3.37. The normalized spacial score (nSPS) is 27.5. The van der Waals surface area contributed by atoms with Gasteiger partial charge in [0.25, 0.3) is 0 Å². The van der Waals surface area contributed by atoms with Crippen molar-refractivity contribution < 1.29 is 14.5 Å². The van der Waals surface area contributed by atoms with Crippen LogP contribution in [0.1, 0.15) is 37.2 Å². The van der Waals surface area contributed by atoms with Crippen molar-refractivity contribution in [3.8, 4) is 0 Å². The van der Waals surface area contributed by atoms with Gasteiger partial charge in [-0.3, -0.25) is 0 Å². The van der Waals surface area contributed by atoms with Crippen LogP contribution in [0.15, 0.2) is 30.3 Å². The zero-order valence-corrected chi connectivity index (χ0v) is 15.6. The first-order valence-electron chi connectivity index (χ1n) is 9.96. The maximum atomic E-state index is 5.81. The lowest BCUT2D eigenvalue weighted by Crippen LogP contribution is -3.28. The summed E-state index contributed by atoms with van der Waals surface area (Å²) in [6.45, 7) is 9.82. The molecular formula is C19H30N6O+2. The number of likely N-dealkylation sites (N-methyl/N-ethyl adjacent to an activating group) is 1. The number of ether oxygens (including phenoxy) is 1. The minimum absolute atomic E-state index is 0.186. The van der Waals surface area contributed by atoms with Crippen LogP contribution in [0.2, 0.25) is 0 Å². The van der Waals surface area contributed by atoms with Crippen LogP contribution >= 0.6 is 0 Å². The molecule has 0 radical (unpaired) electrons. The van der Waals surface area contributed by atoms with Gasteiger partial charge in [0.1, 0.15) is 26.2 Å². The molecule has 0 unspecified atom stereocenters.